The number of nitrogens with two attached hydrogens (primary N) is 1. The highest BCUT2D eigenvalue weighted by molar-refractivity contribution is 7.80. The minimum atomic E-state index is 0.411. The molecule has 2 aromatic carbocycles. The summed E-state index contributed by atoms with van der Waals surface area (Å²) in [5.41, 5.74) is 8.81. The van der Waals surface area contributed by atoms with Crippen LogP contribution in [0.4, 0.5) is 5.69 Å². The molecule has 0 heterocycles. The summed E-state index contributed by atoms with van der Waals surface area (Å²) in [4.78, 5) is 2.52. The summed E-state index contributed by atoms with van der Waals surface area (Å²) in [6, 6.07) is 15.7. The van der Waals surface area contributed by atoms with Crippen LogP contribution < -0.4 is 10.6 Å². The second kappa shape index (κ2) is 6.04. The normalized spacial score (nSPS) is 10.2. The molecule has 2 aromatic rings. The molecule has 0 saturated carbocycles. The molecule has 0 fully saturated rings. The fraction of sp³-hybridized carbons (Fsp3) is 0.133. The van der Waals surface area contributed by atoms with Crippen LogP contribution in [0.2, 0.25) is 5.02 Å². The van der Waals surface area contributed by atoms with Crippen LogP contribution in [0.3, 0.4) is 0 Å². The molecule has 0 aliphatic heterocycles. The Morgan fingerprint density at radius 1 is 1.21 bits per heavy atom. The fourth-order valence-corrected chi connectivity index (χ4v) is 2.39. The Labute approximate surface area is 123 Å². The summed E-state index contributed by atoms with van der Waals surface area (Å²) < 4.78 is 0. The average Bonchev–Trinajstić information content (AvgIpc) is 2.38. The summed E-state index contributed by atoms with van der Waals surface area (Å²) >= 11 is 11.1. The van der Waals surface area contributed by atoms with Gasteiger partial charge in [0.15, 0.2) is 0 Å². The summed E-state index contributed by atoms with van der Waals surface area (Å²) in [6.07, 6.45) is 0. The summed E-state index contributed by atoms with van der Waals surface area (Å²) in [5.74, 6) is 0. The summed E-state index contributed by atoms with van der Waals surface area (Å²) in [6.45, 7) is 0.750. The number of para-hydroxylation sites is 1. The highest BCUT2D eigenvalue weighted by atomic mass is 35.5. The van der Waals surface area contributed by atoms with Gasteiger partial charge in [-0.05, 0) is 29.8 Å². The summed E-state index contributed by atoms with van der Waals surface area (Å²) in [7, 11) is 2.01. The van der Waals surface area contributed by atoms with Gasteiger partial charge in [-0.25, -0.2) is 0 Å². The third-order valence-corrected chi connectivity index (χ3v) is 3.34. The van der Waals surface area contributed by atoms with Crippen LogP contribution in [-0.4, -0.2) is 12.0 Å². The Bertz CT molecular complexity index is 598. The minimum absolute atomic E-state index is 0.411. The number of thiocarbonyl (C=S) groups is 1. The Hall–Kier alpha value is -1.58. The number of benzene rings is 2. The maximum Gasteiger partial charge on any atom is 0.106 e. The molecule has 0 aliphatic carbocycles. The number of anilines is 1. The van der Waals surface area contributed by atoms with Crippen LogP contribution in [0.15, 0.2) is 48.5 Å². The number of hydrogen-bond donors (Lipinski definition) is 1. The second-order valence-corrected chi connectivity index (χ2v) is 5.24. The molecule has 0 amide bonds. The molecule has 2 nitrogen and oxygen atoms in total. The average molecular weight is 291 g/mol. The predicted octanol–water partition coefficient (Wildman–Crippen LogP) is 3.61. The predicted molar refractivity (Wildman–Crippen MR) is 85.9 cm³/mol. The Kier molecular flexibility index (Phi) is 4.40. The van der Waals surface area contributed by atoms with Crippen LogP contribution in [-0.2, 0) is 6.54 Å². The van der Waals surface area contributed by atoms with Gasteiger partial charge in [0.1, 0.15) is 4.99 Å². The molecule has 0 bridgehead atoms. The molecule has 4 heteroatoms. The second-order valence-electron chi connectivity index (χ2n) is 4.37. The van der Waals surface area contributed by atoms with Gasteiger partial charge in [-0.1, -0.05) is 48.1 Å². The van der Waals surface area contributed by atoms with E-state index >= 15 is 0 Å². The molecule has 0 radical (unpaired) electrons. The van der Waals surface area contributed by atoms with E-state index in [0.717, 1.165) is 28.4 Å². The van der Waals surface area contributed by atoms with Crippen LogP contribution in [0.25, 0.3) is 0 Å². The number of halogens is 1. The van der Waals surface area contributed by atoms with Crippen molar-refractivity contribution in [3.63, 3.8) is 0 Å². The zero-order valence-electron chi connectivity index (χ0n) is 10.6. The first-order valence-electron chi connectivity index (χ1n) is 5.92. The Balaban J connectivity index is 2.25. The van der Waals surface area contributed by atoms with E-state index in [1.54, 1.807) is 0 Å². The lowest BCUT2D eigenvalue weighted by molar-refractivity contribution is 0.922. The molecule has 0 aliphatic rings. The van der Waals surface area contributed by atoms with Crippen molar-refractivity contribution in [2.75, 3.05) is 11.9 Å². The molecule has 98 valence electrons. The Morgan fingerprint density at radius 3 is 2.63 bits per heavy atom. The van der Waals surface area contributed by atoms with Gasteiger partial charge in [-0.15, -0.1) is 0 Å². The molecule has 0 unspecified atom stereocenters. The minimum Gasteiger partial charge on any atom is -0.389 e. The lowest BCUT2D eigenvalue weighted by Crippen LogP contribution is -2.21. The van der Waals surface area contributed by atoms with Crippen molar-refractivity contribution >= 4 is 34.5 Å². The SMILES string of the molecule is CN(Cc1cccc(Cl)c1)c1ccccc1C(N)=S. The van der Waals surface area contributed by atoms with Gasteiger partial charge in [-0.2, -0.15) is 0 Å². The first kappa shape index (κ1) is 13.8. The molecule has 0 saturated heterocycles. The van der Waals surface area contributed by atoms with Crippen molar-refractivity contribution in [1.82, 2.24) is 0 Å². The standard InChI is InChI=1S/C15H15ClN2S/c1-18(10-11-5-4-6-12(16)9-11)14-8-3-2-7-13(14)15(17)19/h2-9H,10H2,1H3,(H2,17,19). The van der Waals surface area contributed by atoms with E-state index in [1.807, 2.05) is 55.6 Å². The van der Waals surface area contributed by atoms with E-state index in [1.165, 1.54) is 0 Å². The molecule has 0 aromatic heterocycles. The number of nitrogens with zero attached hydrogens (tertiary/aromatic N) is 1. The van der Waals surface area contributed by atoms with Crippen LogP contribution in [0.5, 0.6) is 0 Å². The molecular weight excluding hydrogens is 276 g/mol. The monoisotopic (exact) mass is 290 g/mol. The summed E-state index contributed by atoms with van der Waals surface area (Å²) in [5, 5.41) is 0.744. The first-order valence-corrected chi connectivity index (χ1v) is 6.71. The fourth-order valence-electron chi connectivity index (χ4n) is 2.01. The van der Waals surface area contributed by atoms with Crippen molar-refractivity contribution < 1.29 is 0 Å². The third kappa shape index (κ3) is 3.46. The van der Waals surface area contributed by atoms with E-state index < -0.39 is 0 Å². The zero-order chi connectivity index (χ0) is 13.8. The van der Waals surface area contributed by atoms with E-state index in [4.69, 9.17) is 29.6 Å². The van der Waals surface area contributed by atoms with Crippen molar-refractivity contribution in [2.24, 2.45) is 5.73 Å². The van der Waals surface area contributed by atoms with Gasteiger partial charge in [0.2, 0.25) is 0 Å². The van der Waals surface area contributed by atoms with Crippen molar-refractivity contribution in [1.29, 1.82) is 0 Å². The van der Waals surface area contributed by atoms with E-state index in [0.29, 0.717) is 4.99 Å². The van der Waals surface area contributed by atoms with Gasteiger partial charge >= 0.3 is 0 Å². The quantitative estimate of drug-likeness (QED) is 0.872. The van der Waals surface area contributed by atoms with Gasteiger partial charge < -0.3 is 10.6 Å². The molecule has 19 heavy (non-hydrogen) atoms. The van der Waals surface area contributed by atoms with E-state index in [-0.39, 0.29) is 0 Å². The molecule has 2 rings (SSSR count). The lowest BCUT2D eigenvalue weighted by atomic mass is 10.1. The molecule has 0 spiro atoms. The molecule has 0 atom stereocenters. The maximum absolute atomic E-state index is 6.00. The zero-order valence-corrected chi connectivity index (χ0v) is 12.2. The van der Waals surface area contributed by atoms with Crippen molar-refractivity contribution in [3.8, 4) is 0 Å². The number of rotatable bonds is 4. The Morgan fingerprint density at radius 2 is 1.95 bits per heavy atom. The van der Waals surface area contributed by atoms with Crippen LogP contribution >= 0.6 is 23.8 Å². The van der Waals surface area contributed by atoms with Crippen LogP contribution in [0, 0.1) is 0 Å². The number of hydrogen-bond acceptors (Lipinski definition) is 2. The largest absolute Gasteiger partial charge is 0.389 e. The highest BCUT2D eigenvalue weighted by Crippen LogP contribution is 2.21. The highest BCUT2D eigenvalue weighted by Gasteiger charge is 2.09. The maximum atomic E-state index is 6.00. The van der Waals surface area contributed by atoms with Gasteiger partial charge in [0.25, 0.3) is 0 Å². The third-order valence-electron chi connectivity index (χ3n) is 2.89. The van der Waals surface area contributed by atoms with Crippen LogP contribution in [0.1, 0.15) is 11.1 Å². The lowest BCUT2D eigenvalue weighted by Gasteiger charge is -2.22. The van der Waals surface area contributed by atoms with Gasteiger partial charge in [-0.3, -0.25) is 0 Å². The topological polar surface area (TPSA) is 29.3 Å². The smallest absolute Gasteiger partial charge is 0.106 e. The van der Waals surface area contributed by atoms with Gasteiger partial charge in [0, 0.05) is 29.9 Å². The first-order chi connectivity index (χ1) is 9.08. The van der Waals surface area contributed by atoms with Crippen molar-refractivity contribution in [2.45, 2.75) is 6.54 Å². The van der Waals surface area contributed by atoms with E-state index in [9.17, 15) is 0 Å². The van der Waals surface area contributed by atoms with E-state index in [2.05, 4.69) is 4.90 Å². The van der Waals surface area contributed by atoms with Gasteiger partial charge in [0.05, 0.1) is 0 Å². The molecular formula is C15H15ClN2S. The molecule has 2 N–H and O–H groups in total. The van der Waals surface area contributed by atoms with Crippen molar-refractivity contribution in [3.05, 3.63) is 64.7 Å².